The minimum Gasteiger partial charge on any atom is -0.383 e. The van der Waals surface area contributed by atoms with E-state index in [-0.39, 0.29) is 17.9 Å². The molecule has 0 amide bonds. The normalized spacial score (nSPS) is 24.6. The molecule has 3 nitrogen and oxygen atoms in total. The summed E-state index contributed by atoms with van der Waals surface area (Å²) in [5.74, 6) is -0.148. The van der Waals surface area contributed by atoms with Crippen LogP contribution in [0, 0.1) is 12.7 Å². The van der Waals surface area contributed by atoms with Crippen molar-refractivity contribution in [3.05, 3.63) is 35.1 Å². The lowest BCUT2D eigenvalue weighted by Crippen LogP contribution is -2.41. The van der Waals surface area contributed by atoms with Gasteiger partial charge in [0.25, 0.3) is 0 Å². The highest BCUT2D eigenvalue weighted by molar-refractivity contribution is 5.27. The molecule has 2 N–H and O–H groups in total. The molecule has 1 aromatic rings. The van der Waals surface area contributed by atoms with Gasteiger partial charge in [0.2, 0.25) is 0 Å². The van der Waals surface area contributed by atoms with Crippen molar-refractivity contribution in [3.63, 3.8) is 0 Å². The molecule has 0 aromatic heterocycles. The Morgan fingerprint density at radius 3 is 2.90 bits per heavy atom. The average Bonchev–Trinajstić information content (AvgIpc) is 2.61. The molecular weight excluding hydrogens is 255 g/mol. The predicted octanol–water partition coefficient (Wildman–Crippen LogP) is 2.63. The molecule has 20 heavy (non-hydrogen) atoms. The second-order valence-corrected chi connectivity index (χ2v) is 5.64. The van der Waals surface area contributed by atoms with Gasteiger partial charge in [0.05, 0.1) is 12.6 Å². The fourth-order valence-electron chi connectivity index (χ4n) is 2.97. The van der Waals surface area contributed by atoms with Crippen LogP contribution in [0.2, 0.25) is 0 Å². The summed E-state index contributed by atoms with van der Waals surface area (Å²) in [6.07, 6.45) is 3.27. The Kier molecular flexibility index (Phi) is 5.52. The number of ether oxygens (including phenoxy) is 1. The monoisotopic (exact) mass is 280 g/mol. The van der Waals surface area contributed by atoms with Gasteiger partial charge in [-0.2, -0.15) is 0 Å². The fourth-order valence-corrected chi connectivity index (χ4v) is 2.97. The van der Waals surface area contributed by atoms with Crippen LogP contribution in [0.3, 0.4) is 0 Å². The van der Waals surface area contributed by atoms with Crippen molar-refractivity contribution in [1.82, 2.24) is 4.90 Å². The first-order chi connectivity index (χ1) is 9.63. The van der Waals surface area contributed by atoms with E-state index in [1.54, 1.807) is 20.1 Å². The Bertz CT molecular complexity index is 438. The number of aryl methyl sites for hydroxylation is 1. The molecule has 2 unspecified atom stereocenters. The van der Waals surface area contributed by atoms with Crippen LogP contribution in [0.25, 0.3) is 0 Å². The van der Waals surface area contributed by atoms with E-state index in [0.29, 0.717) is 12.2 Å². The first-order valence-electron chi connectivity index (χ1n) is 7.38. The fraction of sp³-hybridized carbons (Fsp3) is 0.625. The van der Waals surface area contributed by atoms with E-state index in [0.717, 1.165) is 37.9 Å². The van der Waals surface area contributed by atoms with E-state index < -0.39 is 0 Å². The van der Waals surface area contributed by atoms with Crippen LogP contribution in [0.1, 0.15) is 36.4 Å². The molecule has 2 rings (SSSR count). The van der Waals surface area contributed by atoms with Gasteiger partial charge < -0.3 is 10.5 Å². The highest BCUT2D eigenvalue weighted by Gasteiger charge is 2.28. The van der Waals surface area contributed by atoms with Gasteiger partial charge >= 0.3 is 0 Å². The second-order valence-electron chi connectivity index (χ2n) is 5.64. The summed E-state index contributed by atoms with van der Waals surface area (Å²) >= 11 is 0. The van der Waals surface area contributed by atoms with Crippen LogP contribution < -0.4 is 5.73 Å². The van der Waals surface area contributed by atoms with E-state index >= 15 is 0 Å². The number of rotatable bonds is 4. The average molecular weight is 280 g/mol. The van der Waals surface area contributed by atoms with E-state index in [1.807, 2.05) is 12.1 Å². The third kappa shape index (κ3) is 3.57. The molecule has 0 spiro atoms. The molecule has 1 fully saturated rings. The van der Waals surface area contributed by atoms with Gasteiger partial charge in [-0.25, -0.2) is 4.39 Å². The summed E-state index contributed by atoms with van der Waals surface area (Å²) < 4.78 is 19.0. The molecule has 0 aliphatic carbocycles. The van der Waals surface area contributed by atoms with Gasteiger partial charge in [0.15, 0.2) is 0 Å². The molecule has 0 saturated carbocycles. The molecule has 112 valence electrons. The maximum absolute atomic E-state index is 13.9. The lowest BCUT2D eigenvalue weighted by molar-refractivity contribution is 0.115. The molecule has 0 bridgehead atoms. The number of nitrogens with zero attached hydrogens (tertiary/aromatic N) is 1. The summed E-state index contributed by atoms with van der Waals surface area (Å²) in [4.78, 5) is 2.34. The summed E-state index contributed by atoms with van der Waals surface area (Å²) in [7, 11) is 1.71. The van der Waals surface area contributed by atoms with Crippen molar-refractivity contribution < 1.29 is 9.13 Å². The summed E-state index contributed by atoms with van der Waals surface area (Å²) in [5, 5.41) is 0. The van der Waals surface area contributed by atoms with Gasteiger partial charge in [0.1, 0.15) is 5.82 Å². The van der Waals surface area contributed by atoms with E-state index in [4.69, 9.17) is 10.5 Å². The van der Waals surface area contributed by atoms with Crippen LogP contribution >= 0.6 is 0 Å². The van der Waals surface area contributed by atoms with Crippen molar-refractivity contribution in [2.24, 2.45) is 5.73 Å². The highest BCUT2D eigenvalue weighted by Crippen LogP contribution is 2.30. The number of hydrogen-bond donors (Lipinski definition) is 1. The van der Waals surface area contributed by atoms with E-state index in [1.165, 1.54) is 0 Å². The number of benzene rings is 1. The van der Waals surface area contributed by atoms with Crippen LogP contribution in [-0.2, 0) is 4.74 Å². The van der Waals surface area contributed by atoms with Crippen LogP contribution in [0.15, 0.2) is 18.2 Å². The zero-order valence-corrected chi connectivity index (χ0v) is 12.4. The van der Waals surface area contributed by atoms with Gasteiger partial charge in [-0.3, -0.25) is 4.90 Å². The molecule has 1 aliphatic rings. The lowest BCUT2D eigenvalue weighted by atomic mass is 9.95. The van der Waals surface area contributed by atoms with E-state index in [9.17, 15) is 4.39 Å². The SMILES string of the molecule is COCCN1CCCCC(N)C1c1ccc(C)c(F)c1. The number of methoxy groups -OCH3 is 1. The maximum atomic E-state index is 13.9. The van der Waals surface area contributed by atoms with Crippen molar-refractivity contribution in [2.45, 2.75) is 38.3 Å². The van der Waals surface area contributed by atoms with E-state index in [2.05, 4.69) is 4.90 Å². The van der Waals surface area contributed by atoms with Gasteiger partial charge in [-0.15, -0.1) is 0 Å². The second kappa shape index (κ2) is 7.16. The largest absolute Gasteiger partial charge is 0.383 e. The third-order valence-corrected chi connectivity index (χ3v) is 4.15. The summed E-state index contributed by atoms with van der Waals surface area (Å²) in [6.45, 7) is 4.30. The van der Waals surface area contributed by atoms with Crippen LogP contribution in [-0.4, -0.2) is 37.7 Å². The Balaban J connectivity index is 2.26. The zero-order valence-electron chi connectivity index (χ0n) is 12.4. The molecular formula is C16H25FN2O. The Morgan fingerprint density at radius 2 is 2.20 bits per heavy atom. The predicted molar refractivity (Wildman–Crippen MR) is 79.2 cm³/mol. The van der Waals surface area contributed by atoms with Crippen LogP contribution in [0.5, 0.6) is 0 Å². The number of nitrogens with two attached hydrogens (primary N) is 1. The smallest absolute Gasteiger partial charge is 0.126 e. The number of hydrogen-bond acceptors (Lipinski definition) is 3. The third-order valence-electron chi connectivity index (χ3n) is 4.15. The Hall–Kier alpha value is -0.970. The first-order valence-corrected chi connectivity index (χ1v) is 7.38. The summed E-state index contributed by atoms with van der Waals surface area (Å²) in [6, 6.07) is 5.63. The molecule has 1 saturated heterocycles. The Labute approximate surface area is 120 Å². The van der Waals surface area contributed by atoms with Crippen LogP contribution in [0.4, 0.5) is 4.39 Å². The standard InChI is InChI=1S/C16H25FN2O/c1-12-6-7-13(11-14(12)17)16-15(18)5-3-4-8-19(16)9-10-20-2/h6-7,11,15-16H,3-5,8-10,18H2,1-2H3. The van der Waals surface area contributed by atoms with Crippen molar-refractivity contribution in [1.29, 1.82) is 0 Å². The molecule has 0 radical (unpaired) electrons. The molecule has 2 atom stereocenters. The summed E-state index contributed by atoms with van der Waals surface area (Å²) in [5.41, 5.74) is 8.02. The minimum absolute atomic E-state index is 0.0523. The molecule has 4 heteroatoms. The number of halogens is 1. The van der Waals surface area contributed by atoms with Crippen molar-refractivity contribution in [2.75, 3.05) is 26.8 Å². The minimum atomic E-state index is -0.148. The lowest BCUT2D eigenvalue weighted by Gasteiger charge is -2.33. The molecule has 1 aliphatic heterocycles. The van der Waals surface area contributed by atoms with Gasteiger partial charge in [-0.05, 0) is 43.5 Å². The van der Waals surface area contributed by atoms with Crippen molar-refractivity contribution in [3.8, 4) is 0 Å². The maximum Gasteiger partial charge on any atom is 0.126 e. The van der Waals surface area contributed by atoms with Gasteiger partial charge in [-0.1, -0.05) is 18.6 Å². The zero-order chi connectivity index (χ0) is 14.5. The number of likely N-dealkylation sites (tertiary alicyclic amines) is 1. The topological polar surface area (TPSA) is 38.5 Å². The first kappa shape index (κ1) is 15.4. The molecule has 1 aromatic carbocycles. The quantitative estimate of drug-likeness (QED) is 0.921. The molecule has 1 heterocycles. The Morgan fingerprint density at radius 1 is 1.40 bits per heavy atom. The van der Waals surface area contributed by atoms with Crippen molar-refractivity contribution >= 4 is 0 Å². The van der Waals surface area contributed by atoms with Gasteiger partial charge in [0, 0.05) is 19.7 Å². The highest BCUT2D eigenvalue weighted by atomic mass is 19.1.